The third kappa shape index (κ3) is 2.37. The highest BCUT2D eigenvalue weighted by atomic mass is 16.7. The summed E-state index contributed by atoms with van der Waals surface area (Å²) in [4.78, 5) is 28.6. The van der Waals surface area contributed by atoms with Gasteiger partial charge in [0.2, 0.25) is 12.7 Å². The highest BCUT2D eigenvalue weighted by Crippen LogP contribution is 2.49. The van der Waals surface area contributed by atoms with Gasteiger partial charge in [-0.1, -0.05) is 19.9 Å². The molecule has 0 bridgehead atoms. The van der Waals surface area contributed by atoms with E-state index in [0.717, 1.165) is 0 Å². The maximum atomic E-state index is 13.1. The summed E-state index contributed by atoms with van der Waals surface area (Å²) in [6.07, 6.45) is 3.70. The number of benzene rings is 1. The van der Waals surface area contributed by atoms with Gasteiger partial charge in [0, 0.05) is 12.1 Å². The Morgan fingerprint density at radius 3 is 2.82 bits per heavy atom. The molecule has 3 aliphatic rings. The van der Waals surface area contributed by atoms with Crippen molar-refractivity contribution in [3.63, 3.8) is 0 Å². The summed E-state index contributed by atoms with van der Waals surface area (Å²) >= 11 is 0. The lowest BCUT2D eigenvalue weighted by Gasteiger charge is -2.39. The van der Waals surface area contributed by atoms with Crippen LogP contribution >= 0.6 is 0 Å². The first-order valence-corrected chi connectivity index (χ1v) is 8.84. The highest BCUT2D eigenvalue weighted by molar-refractivity contribution is 5.88. The van der Waals surface area contributed by atoms with Crippen LogP contribution in [0, 0.1) is 21.4 Å². The van der Waals surface area contributed by atoms with Crippen molar-refractivity contribution in [1.82, 2.24) is 14.8 Å². The monoisotopic (exact) mass is 383 g/mol. The van der Waals surface area contributed by atoms with E-state index in [2.05, 4.69) is 15.4 Å². The average Bonchev–Trinajstić information content (AvgIpc) is 3.25. The Kier molecular flexibility index (Phi) is 3.31. The Bertz CT molecular complexity index is 1060. The van der Waals surface area contributed by atoms with Crippen LogP contribution in [0.2, 0.25) is 0 Å². The number of hydrogen-bond acceptors (Lipinski definition) is 8. The molecule has 5 rings (SSSR count). The van der Waals surface area contributed by atoms with Crippen LogP contribution < -0.4 is 14.8 Å². The average molecular weight is 383 g/mol. The smallest absolute Gasteiger partial charge is 0.278 e. The van der Waals surface area contributed by atoms with Crippen molar-refractivity contribution in [3.8, 4) is 11.5 Å². The molecule has 0 fully saturated rings. The van der Waals surface area contributed by atoms with Gasteiger partial charge in [0.15, 0.2) is 11.5 Å². The van der Waals surface area contributed by atoms with Crippen LogP contribution in [-0.2, 0) is 4.79 Å². The number of nitro groups is 1. The number of nitrogens with one attached hydrogen (secondary N) is 1. The minimum Gasteiger partial charge on any atom is -0.454 e. The van der Waals surface area contributed by atoms with E-state index in [4.69, 9.17) is 9.47 Å². The van der Waals surface area contributed by atoms with Gasteiger partial charge in [-0.25, -0.2) is 4.68 Å². The number of carbonyl (C=O) groups excluding carboxylic acids is 1. The molecule has 0 radical (unpaired) electrons. The first-order chi connectivity index (χ1) is 13.3. The van der Waals surface area contributed by atoms with Gasteiger partial charge in [-0.3, -0.25) is 14.9 Å². The molecule has 3 heterocycles. The SMILES string of the molecule is CC1(C)C=C2Nc3ncnn3[C@@H](c3cc4c(cc3[N+](=O)[O-])OCO4)[C@@H]2C(=O)C1. The summed E-state index contributed by atoms with van der Waals surface area (Å²) in [6, 6.07) is 2.22. The third-order valence-corrected chi connectivity index (χ3v) is 5.30. The molecule has 28 heavy (non-hydrogen) atoms. The normalized spacial score (nSPS) is 24.1. The van der Waals surface area contributed by atoms with Crippen LogP contribution in [0.1, 0.15) is 31.9 Å². The van der Waals surface area contributed by atoms with E-state index >= 15 is 0 Å². The van der Waals surface area contributed by atoms with Gasteiger partial charge in [-0.2, -0.15) is 10.1 Å². The Hall–Kier alpha value is -3.43. The molecule has 2 atom stereocenters. The molecule has 0 amide bonds. The van der Waals surface area contributed by atoms with E-state index in [9.17, 15) is 14.9 Å². The van der Waals surface area contributed by atoms with E-state index in [0.29, 0.717) is 35.1 Å². The number of ether oxygens (including phenoxy) is 2. The minimum atomic E-state index is -0.705. The zero-order valence-electron chi connectivity index (χ0n) is 15.2. The molecular formula is C18H17N5O5. The lowest BCUT2D eigenvalue weighted by molar-refractivity contribution is -0.385. The van der Waals surface area contributed by atoms with Gasteiger partial charge < -0.3 is 14.8 Å². The zero-order chi connectivity index (χ0) is 19.6. The number of Topliss-reactive ketones (excluding diaryl/α,β-unsaturated/α-hetero) is 1. The van der Waals surface area contributed by atoms with E-state index in [-0.39, 0.29) is 23.7 Å². The molecule has 0 saturated carbocycles. The van der Waals surface area contributed by atoms with Crippen molar-refractivity contribution < 1.29 is 19.2 Å². The number of allylic oxidation sites excluding steroid dienone is 2. The van der Waals surface area contributed by atoms with Crippen molar-refractivity contribution in [2.45, 2.75) is 26.3 Å². The van der Waals surface area contributed by atoms with Crippen molar-refractivity contribution in [2.24, 2.45) is 11.3 Å². The number of aromatic nitrogens is 3. The fourth-order valence-electron chi connectivity index (χ4n) is 4.22. The van der Waals surface area contributed by atoms with Crippen molar-refractivity contribution >= 4 is 17.4 Å². The summed E-state index contributed by atoms with van der Waals surface area (Å²) in [5.74, 6) is 0.532. The van der Waals surface area contributed by atoms with E-state index in [1.54, 1.807) is 6.07 Å². The molecule has 0 spiro atoms. The molecule has 144 valence electrons. The number of carbonyl (C=O) groups is 1. The van der Waals surface area contributed by atoms with E-state index in [1.807, 2.05) is 19.9 Å². The molecule has 2 aliphatic heterocycles. The largest absolute Gasteiger partial charge is 0.454 e. The fraction of sp³-hybridized carbons (Fsp3) is 0.389. The Balaban J connectivity index is 1.75. The fourth-order valence-corrected chi connectivity index (χ4v) is 4.22. The molecule has 10 nitrogen and oxygen atoms in total. The number of ketones is 1. The molecule has 1 aromatic heterocycles. The van der Waals surface area contributed by atoms with Crippen LogP contribution in [-0.4, -0.2) is 32.3 Å². The standard InChI is InChI=1S/C18H17N5O5/c1-18(2)5-10-15(12(24)6-18)16(22-17(21-10)19-7-20-22)9-3-13-14(28-8-27-13)4-11(9)23(25)26/h3-5,7,15-16H,6,8H2,1-2H3,(H,19,20,21)/t15-,16-/m0/s1. The van der Waals surface area contributed by atoms with Crippen molar-refractivity contribution in [3.05, 3.63) is 45.9 Å². The summed E-state index contributed by atoms with van der Waals surface area (Å²) < 4.78 is 12.2. The number of anilines is 1. The maximum Gasteiger partial charge on any atom is 0.278 e. The van der Waals surface area contributed by atoms with Crippen LogP contribution in [0.3, 0.4) is 0 Å². The number of hydrogen-bond donors (Lipinski definition) is 1. The first-order valence-electron chi connectivity index (χ1n) is 8.84. The van der Waals surface area contributed by atoms with Crippen LogP contribution in [0.5, 0.6) is 11.5 Å². The van der Waals surface area contributed by atoms with Gasteiger partial charge >= 0.3 is 0 Å². The molecule has 0 unspecified atom stereocenters. The molecule has 10 heteroatoms. The van der Waals surface area contributed by atoms with E-state index in [1.165, 1.54) is 17.1 Å². The van der Waals surface area contributed by atoms with Crippen molar-refractivity contribution in [2.75, 3.05) is 12.1 Å². The van der Waals surface area contributed by atoms with Crippen LogP contribution in [0.4, 0.5) is 11.6 Å². The summed E-state index contributed by atoms with van der Waals surface area (Å²) in [5.41, 5.74) is 0.573. The first kappa shape index (κ1) is 16.7. The number of nitrogens with zero attached hydrogens (tertiary/aromatic N) is 4. The Morgan fingerprint density at radius 2 is 2.07 bits per heavy atom. The summed E-state index contributed by atoms with van der Waals surface area (Å²) in [6.45, 7) is 3.96. The second kappa shape index (κ2) is 5.54. The van der Waals surface area contributed by atoms with Crippen molar-refractivity contribution in [1.29, 1.82) is 0 Å². The second-order valence-corrected chi connectivity index (χ2v) is 7.83. The molecule has 1 aromatic carbocycles. The molecule has 0 saturated heterocycles. The second-order valence-electron chi connectivity index (χ2n) is 7.83. The highest BCUT2D eigenvalue weighted by Gasteiger charge is 2.47. The number of fused-ring (bicyclic) bond motifs is 3. The predicted octanol–water partition coefficient (Wildman–Crippen LogP) is 2.43. The maximum absolute atomic E-state index is 13.1. The minimum absolute atomic E-state index is 0.00155. The number of rotatable bonds is 2. The van der Waals surface area contributed by atoms with Crippen LogP contribution in [0.25, 0.3) is 0 Å². The zero-order valence-corrected chi connectivity index (χ0v) is 15.2. The summed E-state index contributed by atoms with van der Waals surface area (Å²) in [7, 11) is 0. The topological polar surface area (TPSA) is 121 Å². The van der Waals surface area contributed by atoms with Gasteiger partial charge in [0.1, 0.15) is 18.2 Å². The lowest BCUT2D eigenvalue weighted by Crippen LogP contribution is -2.42. The quantitative estimate of drug-likeness (QED) is 0.620. The Labute approximate surface area is 159 Å². The molecular weight excluding hydrogens is 366 g/mol. The predicted molar refractivity (Wildman–Crippen MR) is 96.0 cm³/mol. The number of nitro benzene ring substituents is 1. The van der Waals surface area contributed by atoms with Gasteiger partial charge in [0.25, 0.3) is 5.69 Å². The molecule has 2 aromatic rings. The lowest BCUT2D eigenvalue weighted by atomic mass is 9.72. The third-order valence-electron chi connectivity index (χ3n) is 5.30. The molecule has 1 aliphatic carbocycles. The Morgan fingerprint density at radius 1 is 1.32 bits per heavy atom. The molecule has 1 N–H and O–H groups in total. The van der Waals surface area contributed by atoms with Gasteiger partial charge in [-0.05, 0) is 11.5 Å². The van der Waals surface area contributed by atoms with Gasteiger partial charge in [0.05, 0.1) is 22.5 Å². The van der Waals surface area contributed by atoms with Crippen LogP contribution in [0.15, 0.2) is 30.2 Å². The van der Waals surface area contributed by atoms with E-state index < -0.39 is 16.9 Å². The van der Waals surface area contributed by atoms with Gasteiger partial charge in [-0.15, -0.1) is 0 Å². The summed E-state index contributed by atoms with van der Waals surface area (Å²) in [5, 5.41) is 19.2.